The molecule has 3 aromatic rings. The summed E-state index contributed by atoms with van der Waals surface area (Å²) < 4.78 is 30.0. The maximum absolute atomic E-state index is 13.1. The highest BCUT2D eigenvalue weighted by atomic mass is 31.2. The van der Waals surface area contributed by atoms with Gasteiger partial charge in [0, 0.05) is 0 Å². The number of rotatable bonds is 12. The van der Waals surface area contributed by atoms with Gasteiger partial charge < -0.3 is 0 Å². The average molecular weight is 410 g/mol. The lowest BCUT2D eigenvalue weighted by Crippen LogP contribution is -2.03. The minimum atomic E-state index is -3.66. The smallest absolute Gasteiger partial charge is 0.287 e. The van der Waals surface area contributed by atoms with Crippen molar-refractivity contribution in [2.45, 2.75) is 32.5 Å². The number of phosphoric acid groups is 1. The van der Waals surface area contributed by atoms with Crippen molar-refractivity contribution >= 4 is 7.82 Å². The third kappa shape index (κ3) is 7.96. The molecule has 29 heavy (non-hydrogen) atoms. The van der Waals surface area contributed by atoms with Gasteiger partial charge in [0.05, 0.1) is 19.8 Å². The number of phosphoric ester groups is 1. The lowest BCUT2D eigenvalue weighted by Gasteiger charge is -2.18. The van der Waals surface area contributed by atoms with Gasteiger partial charge in [-0.2, -0.15) is 0 Å². The lowest BCUT2D eigenvalue weighted by atomic mass is 10.1. The zero-order valence-corrected chi connectivity index (χ0v) is 17.4. The van der Waals surface area contributed by atoms with Crippen LogP contribution in [-0.2, 0) is 37.8 Å². The van der Waals surface area contributed by atoms with E-state index in [1.54, 1.807) is 0 Å². The van der Waals surface area contributed by atoms with E-state index in [0.717, 1.165) is 30.4 Å². The first-order valence-electron chi connectivity index (χ1n) is 9.89. The Kier molecular flexibility index (Phi) is 8.66. The van der Waals surface area contributed by atoms with Crippen LogP contribution in [-0.4, -0.2) is 6.61 Å². The van der Waals surface area contributed by atoms with Gasteiger partial charge in [0.2, 0.25) is 0 Å². The molecule has 0 saturated heterocycles. The average Bonchev–Trinajstić information content (AvgIpc) is 2.78. The third-order valence-corrected chi connectivity index (χ3v) is 5.81. The van der Waals surface area contributed by atoms with E-state index in [9.17, 15) is 4.57 Å². The fourth-order valence-corrected chi connectivity index (χ4v) is 4.01. The number of benzene rings is 3. The molecule has 4 nitrogen and oxygen atoms in total. The highest BCUT2D eigenvalue weighted by Gasteiger charge is 2.26. The Balaban J connectivity index is 1.50. The molecule has 0 aliphatic carbocycles. The van der Waals surface area contributed by atoms with Gasteiger partial charge in [0.25, 0.3) is 0 Å². The van der Waals surface area contributed by atoms with Crippen LogP contribution in [0.3, 0.4) is 0 Å². The predicted molar refractivity (Wildman–Crippen MR) is 115 cm³/mol. The van der Waals surface area contributed by atoms with Crippen molar-refractivity contribution in [3.05, 3.63) is 108 Å². The first-order valence-corrected chi connectivity index (χ1v) is 11.3. The monoisotopic (exact) mass is 410 g/mol. The summed E-state index contributed by atoms with van der Waals surface area (Å²) in [6.07, 6.45) is 2.69. The Bertz CT molecular complexity index is 822. The molecule has 0 aromatic heterocycles. The summed E-state index contributed by atoms with van der Waals surface area (Å²) in [5.41, 5.74) is 3.13. The van der Waals surface area contributed by atoms with E-state index in [-0.39, 0.29) is 13.2 Å². The Morgan fingerprint density at radius 1 is 0.552 bits per heavy atom. The zero-order chi connectivity index (χ0) is 20.2. The van der Waals surface area contributed by atoms with Crippen LogP contribution in [0.2, 0.25) is 0 Å². The number of unbranched alkanes of at least 4 members (excludes halogenated alkanes) is 1. The second-order valence-electron chi connectivity index (χ2n) is 6.74. The number of hydrogen-bond acceptors (Lipinski definition) is 4. The summed E-state index contributed by atoms with van der Waals surface area (Å²) >= 11 is 0. The van der Waals surface area contributed by atoms with E-state index in [4.69, 9.17) is 13.6 Å². The van der Waals surface area contributed by atoms with Gasteiger partial charge in [-0.05, 0) is 36.0 Å². The van der Waals surface area contributed by atoms with Crippen molar-refractivity contribution in [3.63, 3.8) is 0 Å². The molecule has 0 radical (unpaired) electrons. The lowest BCUT2D eigenvalue weighted by molar-refractivity contribution is 0.102. The van der Waals surface area contributed by atoms with Crippen LogP contribution in [0.25, 0.3) is 0 Å². The molecule has 3 aromatic carbocycles. The Hall–Kier alpha value is -2.23. The molecule has 0 aliphatic rings. The molecule has 0 fully saturated rings. The molecule has 3 rings (SSSR count). The first kappa shape index (κ1) is 21.5. The minimum absolute atomic E-state index is 0.178. The predicted octanol–water partition coefficient (Wildman–Crippen LogP) is 6.57. The van der Waals surface area contributed by atoms with Gasteiger partial charge in [0.15, 0.2) is 0 Å². The molecule has 0 atom stereocenters. The van der Waals surface area contributed by atoms with Crippen molar-refractivity contribution in [2.75, 3.05) is 6.61 Å². The maximum Gasteiger partial charge on any atom is 0.475 e. The fraction of sp³-hybridized carbons (Fsp3) is 0.250. The summed E-state index contributed by atoms with van der Waals surface area (Å²) in [6, 6.07) is 29.5. The molecular formula is C24H27O4P. The quantitative estimate of drug-likeness (QED) is 0.250. The molecule has 0 unspecified atom stereocenters. The van der Waals surface area contributed by atoms with Crippen LogP contribution in [0.5, 0.6) is 0 Å². The van der Waals surface area contributed by atoms with Crippen LogP contribution in [0.15, 0.2) is 91.0 Å². The van der Waals surface area contributed by atoms with Crippen LogP contribution in [0, 0.1) is 0 Å². The van der Waals surface area contributed by atoms with Gasteiger partial charge in [-0.15, -0.1) is 0 Å². The second-order valence-corrected chi connectivity index (χ2v) is 8.41. The standard InChI is InChI=1S/C24H27O4P/c25-29(27-20-23-15-6-2-7-16-23,28-21-24-17-8-3-9-18-24)26-19-11-10-14-22-12-4-1-5-13-22/h1-9,12-13,15-18H,10-11,14,19-21H2. The Labute approximate surface area is 173 Å². The third-order valence-electron chi connectivity index (χ3n) is 4.42. The topological polar surface area (TPSA) is 44.8 Å². The first-order chi connectivity index (χ1) is 14.2. The minimum Gasteiger partial charge on any atom is -0.287 e. The van der Waals surface area contributed by atoms with Crippen LogP contribution in [0.4, 0.5) is 0 Å². The van der Waals surface area contributed by atoms with Crippen molar-refractivity contribution in [1.82, 2.24) is 0 Å². The maximum atomic E-state index is 13.1. The van der Waals surface area contributed by atoms with Gasteiger partial charge in [-0.1, -0.05) is 91.0 Å². The molecule has 5 heteroatoms. The summed E-state index contributed by atoms with van der Waals surface area (Å²) in [4.78, 5) is 0. The molecule has 0 aliphatic heterocycles. The van der Waals surface area contributed by atoms with Crippen LogP contribution < -0.4 is 0 Å². The molecular weight excluding hydrogens is 383 g/mol. The van der Waals surface area contributed by atoms with Crippen LogP contribution >= 0.6 is 7.82 Å². The van der Waals surface area contributed by atoms with Gasteiger partial charge in [-0.3, -0.25) is 13.6 Å². The summed E-state index contributed by atoms with van der Waals surface area (Å²) in [6.45, 7) is 0.682. The highest BCUT2D eigenvalue weighted by Crippen LogP contribution is 2.51. The largest absolute Gasteiger partial charge is 0.475 e. The van der Waals surface area contributed by atoms with Crippen molar-refractivity contribution in [1.29, 1.82) is 0 Å². The normalized spacial score (nSPS) is 11.4. The number of hydrogen-bond donors (Lipinski definition) is 0. The summed E-state index contributed by atoms with van der Waals surface area (Å²) in [7, 11) is -3.66. The van der Waals surface area contributed by atoms with Crippen molar-refractivity contribution in [2.24, 2.45) is 0 Å². The molecule has 0 heterocycles. The Morgan fingerprint density at radius 2 is 1.00 bits per heavy atom. The van der Waals surface area contributed by atoms with E-state index < -0.39 is 7.82 Å². The number of aryl methyl sites for hydroxylation is 1. The SMILES string of the molecule is O=P(OCCCCc1ccccc1)(OCc1ccccc1)OCc1ccccc1. The van der Waals surface area contributed by atoms with E-state index in [2.05, 4.69) is 12.1 Å². The molecule has 0 bridgehead atoms. The molecule has 0 amide bonds. The van der Waals surface area contributed by atoms with Gasteiger partial charge in [-0.25, -0.2) is 4.57 Å². The van der Waals surface area contributed by atoms with Crippen molar-refractivity contribution < 1.29 is 18.1 Å². The molecule has 0 saturated carbocycles. The Morgan fingerprint density at radius 3 is 1.48 bits per heavy atom. The second kappa shape index (κ2) is 11.7. The van der Waals surface area contributed by atoms with E-state index >= 15 is 0 Å². The molecule has 0 spiro atoms. The van der Waals surface area contributed by atoms with E-state index in [1.807, 2.05) is 78.9 Å². The van der Waals surface area contributed by atoms with Gasteiger partial charge >= 0.3 is 7.82 Å². The fourth-order valence-electron chi connectivity index (χ4n) is 2.82. The highest BCUT2D eigenvalue weighted by molar-refractivity contribution is 7.48. The van der Waals surface area contributed by atoms with Gasteiger partial charge in [0.1, 0.15) is 0 Å². The van der Waals surface area contributed by atoms with Crippen LogP contribution in [0.1, 0.15) is 29.5 Å². The molecule has 152 valence electrons. The molecule has 0 N–H and O–H groups in total. The summed E-state index contributed by atoms with van der Waals surface area (Å²) in [5.74, 6) is 0. The zero-order valence-electron chi connectivity index (χ0n) is 16.5. The van der Waals surface area contributed by atoms with E-state index in [1.165, 1.54) is 5.56 Å². The van der Waals surface area contributed by atoms with Crippen molar-refractivity contribution in [3.8, 4) is 0 Å². The van der Waals surface area contributed by atoms with E-state index in [0.29, 0.717) is 6.61 Å². The summed E-state index contributed by atoms with van der Waals surface area (Å²) in [5, 5.41) is 0.